The van der Waals surface area contributed by atoms with Crippen LogP contribution in [0.15, 0.2) is 134 Å². The van der Waals surface area contributed by atoms with E-state index in [2.05, 4.69) is 141 Å². The van der Waals surface area contributed by atoms with Crippen molar-refractivity contribution in [1.29, 1.82) is 0 Å². The summed E-state index contributed by atoms with van der Waals surface area (Å²) in [7, 11) is 0. The Morgan fingerprint density at radius 1 is 0.338 bits per heavy atom. The third kappa shape index (κ3) is 59.4. The van der Waals surface area contributed by atoms with Gasteiger partial charge in [-0.05, 0) is 103 Å². The fraction of sp³-hybridized carbons (Fsp3) is 0.671. The summed E-state index contributed by atoms with van der Waals surface area (Å²) in [5, 5.41) is 23.2. The molecule has 4 nitrogen and oxygen atoms in total. The molecule has 0 rings (SSSR count). The highest BCUT2D eigenvalue weighted by Gasteiger charge is 2.18. The molecule has 0 fully saturated rings. The number of allylic oxidation sites excluding steroid dienone is 21. The quantitative estimate of drug-likeness (QED) is 0.0420. The van der Waals surface area contributed by atoms with Gasteiger partial charge in [0.05, 0.1) is 18.8 Å². The summed E-state index contributed by atoms with van der Waals surface area (Å²) in [6.07, 6.45) is 99.2. The molecule has 0 radical (unpaired) electrons. The van der Waals surface area contributed by atoms with Crippen molar-refractivity contribution in [2.45, 2.75) is 296 Å². The van der Waals surface area contributed by atoms with E-state index in [0.29, 0.717) is 6.42 Å². The van der Waals surface area contributed by atoms with Crippen LogP contribution < -0.4 is 5.32 Å². The van der Waals surface area contributed by atoms with Crippen LogP contribution >= 0.6 is 0 Å². The minimum Gasteiger partial charge on any atom is -0.394 e. The van der Waals surface area contributed by atoms with E-state index in [1.165, 1.54) is 161 Å². The number of aliphatic hydroxyl groups is 2. The summed E-state index contributed by atoms with van der Waals surface area (Å²) in [5.41, 5.74) is 0. The first-order chi connectivity index (χ1) is 36.7. The predicted octanol–water partition coefficient (Wildman–Crippen LogP) is 21.4. The van der Waals surface area contributed by atoms with Gasteiger partial charge in [-0.3, -0.25) is 4.79 Å². The maximum Gasteiger partial charge on any atom is 0.220 e. The van der Waals surface area contributed by atoms with Crippen molar-refractivity contribution in [2.24, 2.45) is 0 Å². The Labute approximate surface area is 460 Å². The average Bonchev–Trinajstić information content (AvgIpc) is 3.40. The molecule has 0 aromatic carbocycles. The largest absolute Gasteiger partial charge is 0.394 e. The minimum absolute atomic E-state index is 0.0960. The summed E-state index contributed by atoms with van der Waals surface area (Å²) in [6.45, 7) is 4.19. The number of hydrogen-bond acceptors (Lipinski definition) is 3. The van der Waals surface area contributed by atoms with E-state index in [-0.39, 0.29) is 12.5 Å². The topological polar surface area (TPSA) is 69.6 Å². The highest BCUT2D eigenvalue weighted by Crippen LogP contribution is 2.16. The summed E-state index contributed by atoms with van der Waals surface area (Å²) < 4.78 is 0. The molecule has 0 aliphatic rings. The van der Waals surface area contributed by atoms with Gasteiger partial charge in [-0.2, -0.15) is 0 Å². The summed E-state index contributed by atoms with van der Waals surface area (Å²) in [4.78, 5) is 12.5. The van der Waals surface area contributed by atoms with Crippen LogP contribution in [0.25, 0.3) is 0 Å². The zero-order valence-electron chi connectivity index (χ0n) is 48.6. The lowest BCUT2D eigenvalue weighted by atomic mass is 10.0. The summed E-state index contributed by atoms with van der Waals surface area (Å²) in [6, 6.07) is -0.662. The lowest BCUT2D eigenvalue weighted by molar-refractivity contribution is -0.123. The van der Waals surface area contributed by atoms with Crippen LogP contribution in [0.3, 0.4) is 0 Å². The molecule has 0 aliphatic carbocycles. The molecule has 0 aliphatic heterocycles. The molecule has 2 atom stereocenters. The van der Waals surface area contributed by atoms with Crippen LogP contribution in [-0.2, 0) is 4.79 Å². The maximum absolute atomic E-state index is 12.5. The van der Waals surface area contributed by atoms with Crippen molar-refractivity contribution in [3.05, 3.63) is 134 Å². The van der Waals surface area contributed by atoms with Crippen molar-refractivity contribution in [2.75, 3.05) is 6.61 Å². The van der Waals surface area contributed by atoms with E-state index in [9.17, 15) is 15.0 Å². The fourth-order valence-corrected chi connectivity index (χ4v) is 8.89. The second-order valence-corrected chi connectivity index (χ2v) is 20.7. The van der Waals surface area contributed by atoms with Gasteiger partial charge >= 0.3 is 0 Å². The molecule has 422 valence electrons. The summed E-state index contributed by atoms with van der Waals surface area (Å²) in [5.74, 6) is -0.0960. The van der Waals surface area contributed by atoms with E-state index in [4.69, 9.17) is 0 Å². The summed E-state index contributed by atoms with van der Waals surface area (Å²) >= 11 is 0. The van der Waals surface area contributed by atoms with Gasteiger partial charge in [0.1, 0.15) is 0 Å². The van der Waals surface area contributed by atoms with Crippen molar-refractivity contribution in [3.63, 3.8) is 0 Å². The molecule has 0 aromatic heterocycles. The average molecular weight is 1020 g/mol. The number of carbonyl (C=O) groups is 1. The van der Waals surface area contributed by atoms with Crippen molar-refractivity contribution >= 4 is 5.91 Å². The third-order valence-corrected chi connectivity index (χ3v) is 13.6. The van der Waals surface area contributed by atoms with Crippen molar-refractivity contribution in [1.82, 2.24) is 5.32 Å². The lowest BCUT2D eigenvalue weighted by Gasteiger charge is -2.19. The smallest absolute Gasteiger partial charge is 0.220 e. The number of carbonyl (C=O) groups excluding carboxylic acids is 1. The van der Waals surface area contributed by atoms with Gasteiger partial charge in [-0.15, -0.1) is 0 Å². The zero-order valence-corrected chi connectivity index (χ0v) is 48.6. The molecule has 0 saturated heterocycles. The molecule has 74 heavy (non-hydrogen) atoms. The number of rotatable bonds is 56. The van der Waals surface area contributed by atoms with Crippen molar-refractivity contribution < 1.29 is 15.0 Å². The SMILES string of the molecule is CC/C=C\C/C=C\C/C=C\C/C=C\C/C=C\C/C=C\C/C=C\C/C=C\C/C=C\CCCCCCCC(=O)NC(CO)C(O)/C=C/CC/C=C/CCCCCCCCCCCCCCCCCCCCCCCCC. The Morgan fingerprint density at radius 3 is 0.946 bits per heavy atom. The molecular formula is C70H119NO3. The van der Waals surface area contributed by atoms with Crippen LogP contribution in [-0.4, -0.2) is 34.9 Å². The van der Waals surface area contributed by atoms with Crippen LogP contribution in [0.1, 0.15) is 284 Å². The first kappa shape index (κ1) is 70.5. The maximum atomic E-state index is 12.5. The fourth-order valence-electron chi connectivity index (χ4n) is 8.89. The second-order valence-electron chi connectivity index (χ2n) is 20.7. The normalized spacial score (nSPS) is 13.7. The van der Waals surface area contributed by atoms with E-state index in [1.807, 2.05) is 6.08 Å². The van der Waals surface area contributed by atoms with Gasteiger partial charge in [-0.25, -0.2) is 0 Å². The highest BCUT2D eigenvalue weighted by atomic mass is 16.3. The Kier molecular flexibility index (Phi) is 60.8. The minimum atomic E-state index is -0.883. The second kappa shape index (κ2) is 63.8. The molecule has 0 saturated carbocycles. The van der Waals surface area contributed by atoms with Crippen LogP contribution in [0.4, 0.5) is 0 Å². The van der Waals surface area contributed by atoms with E-state index < -0.39 is 12.1 Å². The first-order valence-corrected chi connectivity index (χ1v) is 31.4. The number of aliphatic hydroxyl groups excluding tert-OH is 2. The number of amides is 1. The van der Waals surface area contributed by atoms with Gasteiger partial charge in [-0.1, -0.05) is 308 Å². The Morgan fingerprint density at radius 2 is 0.608 bits per heavy atom. The van der Waals surface area contributed by atoms with Gasteiger partial charge in [0.25, 0.3) is 0 Å². The van der Waals surface area contributed by atoms with Gasteiger partial charge in [0.15, 0.2) is 0 Å². The molecule has 1 amide bonds. The van der Waals surface area contributed by atoms with E-state index in [0.717, 1.165) is 103 Å². The monoisotopic (exact) mass is 1020 g/mol. The number of unbranched alkanes of at least 4 members (excludes halogenated alkanes) is 29. The van der Waals surface area contributed by atoms with Crippen molar-refractivity contribution in [3.8, 4) is 0 Å². The highest BCUT2D eigenvalue weighted by molar-refractivity contribution is 5.76. The predicted molar refractivity (Wildman–Crippen MR) is 331 cm³/mol. The molecule has 0 heterocycles. The molecule has 0 aromatic rings. The Bertz CT molecular complexity index is 1490. The van der Waals surface area contributed by atoms with Gasteiger partial charge < -0.3 is 15.5 Å². The molecule has 4 heteroatoms. The lowest BCUT2D eigenvalue weighted by Crippen LogP contribution is -2.45. The van der Waals surface area contributed by atoms with Crippen LogP contribution in [0.2, 0.25) is 0 Å². The van der Waals surface area contributed by atoms with Gasteiger partial charge in [0, 0.05) is 6.42 Å². The number of nitrogens with one attached hydrogen (secondary N) is 1. The molecule has 0 bridgehead atoms. The number of hydrogen-bond donors (Lipinski definition) is 3. The Balaban J connectivity index is 3.64. The third-order valence-electron chi connectivity index (χ3n) is 13.6. The zero-order chi connectivity index (χ0) is 53.4. The Hall–Kier alpha value is -3.47. The molecular weight excluding hydrogens is 903 g/mol. The molecule has 0 spiro atoms. The van der Waals surface area contributed by atoms with Crippen LogP contribution in [0.5, 0.6) is 0 Å². The van der Waals surface area contributed by atoms with E-state index >= 15 is 0 Å². The standard InChI is InChI=1S/C70H119NO3/c1-3-5-7-9-11-13-15-17-19-21-23-25-27-29-31-33-34-35-36-38-40-42-44-46-48-50-52-54-56-58-60-62-64-66-70(74)71-68(67-72)69(73)65-63-61-59-57-55-53-51-49-47-45-43-41-39-37-32-30-28-26-24-22-20-18-16-14-12-10-8-6-4-2/h5,7,11,13,17,19,23,25,29,31,34-35,38,40,44,46,50,52,55,57,63,65,68-69,72-73H,3-4,6,8-10,12,14-16,18,20-22,24,26-28,30,32-33,36-37,39,41-43,45,47-49,51,53-54,56,58-62,64,66-67H2,1-2H3,(H,71,74)/b7-5-,13-11-,19-17-,25-23-,31-29-,35-34-,40-38-,46-44-,52-50-,57-55+,65-63+. The van der Waals surface area contributed by atoms with Crippen LogP contribution in [0, 0.1) is 0 Å². The van der Waals surface area contributed by atoms with E-state index in [1.54, 1.807) is 6.08 Å². The first-order valence-electron chi connectivity index (χ1n) is 31.4. The van der Waals surface area contributed by atoms with Gasteiger partial charge in [0.2, 0.25) is 5.91 Å². The molecule has 2 unspecified atom stereocenters. The molecule has 3 N–H and O–H groups in total.